The third kappa shape index (κ3) is 8.08. The molecule has 11 nitrogen and oxygen atoms in total. The van der Waals surface area contributed by atoms with Crippen molar-refractivity contribution in [2.24, 2.45) is 0 Å². The fraction of sp³-hybridized carbons (Fsp3) is 0.303. The number of carbonyl (C=O) groups is 2. The third-order valence-corrected chi connectivity index (χ3v) is 8.11. The molecule has 1 aromatic heterocycles. The van der Waals surface area contributed by atoms with E-state index in [9.17, 15) is 18.0 Å². The first kappa shape index (κ1) is 31.7. The van der Waals surface area contributed by atoms with Crippen molar-refractivity contribution >= 4 is 27.6 Å². The van der Waals surface area contributed by atoms with E-state index in [1.54, 1.807) is 34.0 Å². The van der Waals surface area contributed by atoms with E-state index in [4.69, 9.17) is 14.0 Å². The van der Waals surface area contributed by atoms with E-state index in [0.29, 0.717) is 51.3 Å². The van der Waals surface area contributed by atoms with Gasteiger partial charge in [0.15, 0.2) is 5.75 Å². The number of hydrogen-bond acceptors (Lipinski definition) is 7. The largest absolute Gasteiger partial charge is 0.493 e. The number of nitrogens with one attached hydrogen (secondary N) is 1. The Kier molecular flexibility index (Phi) is 9.84. The molecule has 4 aromatic rings. The highest BCUT2D eigenvalue weighted by molar-refractivity contribution is 7.85. The molecule has 0 fully saturated rings. The van der Waals surface area contributed by atoms with Crippen molar-refractivity contribution in [1.82, 2.24) is 15.1 Å². The number of nitrogens with zero attached hydrogens (tertiary/aromatic N) is 3. The summed E-state index contributed by atoms with van der Waals surface area (Å²) in [5.74, 6) is 0.00205. The van der Waals surface area contributed by atoms with E-state index < -0.39 is 21.9 Å². The maximum atomic E-state index is 13.4. The molecule has 236 valence electrons. The SMILES string of the molecule is Cc1cccc(OCCCC(=O)N2CCCOc3c(-c4cnn(Cc5cccc(C(=O)NCS(=O)(=O)O)c5)c4)cccc32)c1C. The van der Waals surface area contributed by atoms with Crippen LogP contribution in [0.4, 0.5) is 5.69 Å². The molecule has 1 aliphatic rings. The van der Waals surface area contributed by atoms with Gasteiger partial charge >= 0.3 is 0 Å². The quantitative estimate of drug-likeness (QED) is 0.178. The van der Waals surface area contributed by atoms with Gasteiger partial charge in [0.25, 0.3) is 16.0 Å². The molecule has 0 spiro atoms. The van der Waals surface area contributed by atoms with Crippen LogP contribution in [0.5, 0.6) is 11.5 Å². The number of anilines is 1. The van der Waals surface area contributed by atoms with E-state index in [2.05, 4.69) is 10.4 Å². The van der Waals surface area contributed by atoms with Crippen molar-refractivity contribution in [1.29, 1.82) is 0 Å². The van der Waals surface area contributed by atoms with Crippen LogP contribution in [0.1, 0.15) is 46.3 Å². The number of ether oxygens (including phenoxy) is 2. The molecule has 0 bridgehead atoms. The van der Waals surface area contributed by atoms with Crippen LogP contribution in [0.25, 0.3) is 11.1 Å². The third-order valence-electron chi connectivity index (χ3n) is 7.60. The lowest BCUT2D eigenvalue weighted by Gasteiger charge is -2.23. The molecular formula is C33H36N4O7S. The Labute approximate surface area is 262 Å². The number of fused-ring (bicyclic) bond motifs is 1. The highest BCUT2D eigenvalue weighted by atomic mass is 32.2. The summed E-state index contributed by atoms with van der Waals surface area (Å²) >= 11 is 0. The number of rotatable bonds is 11. The zero-order chi connectivity index (χ0) is 32.0. The molecular weight excluding hydrogens is 596 g/mol. The number of amides is 2. The molecule has 1 aliphatic heterocycles. The summed E-state index contributed by atoms with van der Waals surface area (Å²) in [5.41, 5.74) is 5.65. The van der Waals surface area contributed by atoms with E-state index in [0.717, 1.165) is 33.7 Å². The molecule has 0 aliphatic carbocycles. The zero-order valence-electron chi connectivity index (χ0n) is 25.2. The van der Waals surface area contributed by atoms with Gasteiger partial charge in [0.2, 0.25) is 5.91 Å². The topological polar surface area (TPSA) is 140 Å². The number of para-hydroxylation sites is 1. The Bertz CT molecular complexity index is 1800. The van der Waals surface area contributed by atoms with Gasteiger partial charge in [-0.3, -0.25) is 18.8 Å². The molecule has 45 heavy (non-hydrogen) atoms. The van der Waals surface area contributed by atoms with E-state index in [1.165, 1.54) is 5.56 Å². The molecule has 5 rings (SSSR count). The fourth-order valence-corrected chi connectivity index (χ4v) is 5.47. The summed E-state index contributed by atoms with van der Waals surface area (Å²) in [4.78, 5) is 27.5. The average Bonchev–Trinajstić information content (AvgIpc) is 3.36. The van der Waals surface area contributed by atoms with Crippen LogP contribution in [0, 0.1) is 13.8 Å². The minimum absolute atomic E-state index is 0.0136. The van der Waals surface area contributed by atoms with Crippen LogP contribution in [-0.4, -0.2) is 60.2 Å². The Morgan fingerprint density at radius 1 is 1.09 bits per heavy atom. The second kappa shape index (κ2) is 14.0. The van der Waals surface area contributed by atoms with Crippen LogP contribution in [0.3, 0.4) is 0 Å². The first-order valence-electron chi connectivity index (χ1n) is 14.7. The molecule has 0 saturated carbocycles. The van der Waals surface area contributed by atoms with Crippen molar-refractivity contribution in [3.63, 3.8) is 0 Å². The summed E-state index contributed by atoms with van der Waals surface area (Å²) in [5, 5.41) is 6.68. The summed E-state index contributed by atoms with van der Waals surface area (Å²) < 4.78 is 44.7. The van der Waals surface area contributed by atoms with Gasteiger partial charge in [-0.2, -0.15) is 13.5 Å². The highest BCUT2D eigenvalue weighted by Gasteiger charge is 2.25. The molecule has 0 radical (unpaired) electrons. The van der Waals surface area contributed by atoms with Gasteiger partial charge in [-0.05, 0) is 67.6 Å². The number of carbonyl (C=O) groups excluding carboxylic acids is 2. The fourth-order valence-electron chi connectivity index (χ4n) is 5.16. The normalized spacial score (nSPS) is 13.0. The van der Waals surface area contributed by atoms with Crippen LogP contribution in [0.2, 0.25) is 0 Å². The number of benzene rings is 3. The Hall–Kier alpha value is -4.68. The maximum absolute atomic E-state index is 13.4. The maximum Gasteiger partial charge on any atom is 0.283 e. The summed E-state index contributed by atoms with van der Waals surface area (Å²) in [6.45, 7) is 5.91. The number of hydrogen-bond donors (Lipinski definition) is 2. The zero-order valence-corrected chi connectivity index (χ0v) is 26.0. The van der Waals surface area contributed by atoms with Crippen LogP contribution in [0.15, 0.2) is 73.1 Å². The summed E-state index contributed by atoms with van der Waals surface area (Å²) in [7, 11) is -4.33. The second-order valence-corrected chi connectivity index (χ2v) is 12.4. The van der Waals surface area contributed by atoms with Crippen LogP contribution < -0.4 is 19.7 Å². The van der Waals surface area contributed by atoms with Crippen molar-refractivity contribution < 1.29 is 32.0 Å². The molecule has 0 saturated heterocycles. The van der Waals surface area contributed by atoms with E-state index in [1.807, 2.05) is 62.5 Å². The van der Waals surface area contributed by atoms with Gasteiger partial charge in [-0.15, -0.1) is 0 Å². The van der Waals surface area contributed by atoms with Crippen molar-refractivity contribution in [3.8, 4) is 22.6 Å². The average molecular weight is 633 g/mol. The molecule has 0 unspecified atom stereocenters. The first-order valence-corrected chi connectivity index (χ1v) is 16.3. The summed E-state index contributed by atoms with van der Waals surface area (Å²) in [6.07, 6.45) is 5.23. The predicted molar refractivity (Wildman–Crippen MR) is 170 cm³/mol. The smallest absolute Gasteiger partial charge is 0.283 e. The van der Waals surface area contributed by atoms with Crippen LogP contribution in [-0.2, 0) is 21.5 Å². The van der Waals surface area contributed by atoms with Gasteiger partial charge in [-0.25, -0.2) is 0 Å². The van der Waals surface area contributed by atoms with E-state index in [-0.39, 0.29) is 11.5 Å². The molecule has 12 heteroatoms. The summed E-state index contributed by atoms with van der Waals surface area (Å²) in [6, 6.07) is 18.4. The number of aromatic nitrogens is 2. The van der Waals surface area contributed by atoms with Gasteiger partial charge in [0.05, 0.1) is 31.6 Å². The molecule has 3 aromatic carbocycles. The predicted octanol–water partition coefficient (Wildman–Crippen LogP) is 4.77. The lowest BCUT2D eigenvalue weighted by Crippen LogP contribution is -2.31. The lowest BCUT2D eigenvalue weighted by atomic mass is 10.1. The monoisotopic (exact) mass is 632 g/mol. The van der Waals surface area contributed by atoms with Gasteiger partial charge in [-0.1, -0.05) is 36.4 Å². The minimum Gasteiger partial charge on any atom is -0.493 e. The highest BCUT2D eigenvalue weighted by Crippen LogP contribution is 2.40. The number of aryl methyl sites for hydroxylation is 1. The second-order valence-electron chi connectivity index (χ2n) is 10.9. The molecule has 2 heterocycles. The van der Waals surface area contributed by atoms with Crippen molar-refractivity contribution in [3.05, 3.63) is 95.3 Å². The molecule has 0 atom stereocenters. The lowest BCUT2D eigenvalue weighted by molar-refractivity contribution is -0.118. The van der Waals surface area contributed by atoms with Gasteiger partial charge in [0, 0.05) is 35.9 Å². The minimum atomic E-state index is -4.33. The van der Waals surface area contributed by atoms with Gasteiger partial charge < -0.3 is 19.7 Å². The standard InChI is InChI=1S/C33H36N4O7S/c1-23-8-3-13-30(24(23)2)43-16-6-14-31(38)37-15-7-17-44-32-28(11-5-12-29(32)37)27-19-35-36(21-27)20-25-9-4-10-26(18-25)33(39)34-22-45(40,41)42/h3-5,8-13,18-19,21H,6-7,14-17,20,22H2,1-2H3,(H,34,39)(H,40,41,42). The van der Waals surface area contributed by atoms with Crippen molar-refractivity contribution in [2.75, 3.05) is 30.5 Å². The Morgan fingerprint density at radius 2 is 1.89 bits per heavy atom. The first-order chi connectivity index (χ1) is 21.6. The van der Waals surface area contributed by atoms with Crippen LogP contribution >= 0.6 is 0 Å². The van der Waals surface area contributed by atoms with Gasteiger partial charge in [0.1, 0.15) is 11.6 Å². The Balaban J connectivity index is 1.26. The molecule has 2 amide bonds. The van der Waals surface area contributed by atoms with Crippen molar-refractivity contribution in [2.45, 2.75) is 39.7 Å². The molecule has 2 N–H and O–H groups in total. The van der Waals surface area contributed by atoms with E-state index >= 15 is 0 Å². The Morgan fingerprint density at radius 3 is 2.71 bits per heavy atom.